The van der Waals surface area contributed by atoms with Crippen LogP contribution in [0.2, 0.25) is 0 Å². The summed E-state index contributed by atoms with van der Waals surface area (Å²) >= 11 is 0. The molecule has 0 N–H and O–H groups in total. The number of nitrogens with zero attached hydrogens (tertiary/aromatic N) is 1. The average molecular weight is 353 g/mol. The third-order valence-electron chi connectivity index (χ3n) is 3.95. The van der Waals surface area contributed by atoms with Gasteiger partial charge in [0.05, 0.1) is 17.6 Å². The van der Waals surface area contributed by atoms with E-state index in [0.717, 1.165) is 23.3 Å². The summed E-state index contributed by atoms with van der Waals surface area (Å²) < 4.78 is 58.9. The number of rotatable bonds is 3. The fourth-order valence-corrected chi connectivity index (χ4v) is 4.12. The maximum Gasteiger partial charge on any atom is 0.243 e. The Labute approximate surface area is 139 Å². The van der Waals surface area contributed by atoms with Crippen molar-refractivity contribution < 1.29 is 21.9 Å². The van der Waals surface area contributed by atoms with Crippen molar-refractivity contribution in [2.45, 2.75) is 17.9 Å². The van der Waals surface area contributed by atoms with E-state index in [1.807, 2.05) is 31.2 Å². The second-order valence-corrected chi connectivity index (χ2v) is 7.68. The Bertz CT molecular complexity index is 817. The van der Waals surface area contributed by atoms with Gasteiger partial charge in [0.25, 0.3) is 0 Å². The summed E-state index contributed by atoms with van der Waals surface area (Å²) in [5.41, 5.74) is 1.96. The molecule has 0 bridgehead atoms. The fourth-order valence-electron chi connectivity index (χ4n) is 2.65. The van der Waals surface area contributed by atoms with E-state index in [1.165, 1.54) is 4.31 Å². The molecule has 7 heteroatoms. The van der Waals surface area contributed by atoms with Gasteiger partial charge in [0.1, 0.15) is 11.6 Å². The van der Waals surface area contributed by atoms with Crippen LogP contribution in [0.15, 0.2) is 47.4 Å². The Kier molecular flexibility index (Phi) is 4.67. The summed E-state index contributed by atoms with van der Waals surface area (Å²) in [5, 5.41) is 0. The van der Waals surface area contributed by atoms with Gasteiger partial charge in [0.15, 0.2) is 0 Å². The first-order valence-electron chi connectivity index (χ1n) is 7.51. The molecule has 0 saturated carbocycles. The van der Waals surface area contributed by atoms with Gasteiger partial charge in [-0.05, 0) is 24.6 Å². The summed E-state index contributed by atoms with van der Waals surface area (Å²) in [5.74, 6) is -1.84. The molecule has 2 aromatic rings. The van der Waals surface area contributed by atoms with Gasteiger partial charge in [0, 0.05) is 19.2 Å². The number of hydrogen-bond acceptors (Lipinski definition) is 3. The van der Waals surface area contributed by atoms with Crippen molar-refractivity contribution in [3.8, 4) is 0 Å². The van der Waals surface area contributed by atoms with Crippen LogP contribution < -0.4 is 0 Å². The second kappa shape index (κ2) is 6.58. The van der Waals surface area contributed by atoms with Gasteiger partial charge in [-0.2, -0.15) is 4.31 Å². The monoisotopic (exact) mass is 353 g/mol. The molecule has 128 valence electrons. The lowest BCUT2D eigenvalue weighted by atomic mass is 10.1. The molecule has 0 radical (unpaired) electrons. The van der Waals surface area contributed by atoms with Crippen molar-refractivity contribution in [2.24, 2.45) is 0 Å². The number of ether oxygens (including phenoxy) is 1. The van der Waals surface area contributed by atoms with Crippen LogP contribution in [0, 0.1) is 18.6 Å². The van der Waals surface area contributed by atoms with Crippen molar-refractivity contribution >= 4 is 10.0 Å². The molecule has 1 aliphatic heterocycles. The molecule has 1 saturated heterocycles. The SMILES string of the molecule is Cc1ccc(C2CN(S(=O)(=O)c3cc(F)cc(F)c3)CCO2)cc1. The van der Waals surface area contributed by atoms with Crippen molar-refractivity contribution in [1.82, 2.24) is 4.31 Å². The van der Waals surface area contributed by atoms with E-state index in [4.69, 9.17) is 4.74 Å². The molecule has 0 aliphatic carbocycles. The number of aryl methyl sites for hydroxylation is 1. The highest BCUT2D eigenvalue weighted by atomic mass is 32.2. The molecule has 0 aromatic heterocycles. The van der Waals surface area contributed by atoms with Gasteiger partial charge in [-0.1, -0.05) is 29.8 Å². The third kappa shape index (κ3) is 3.48. The van der Waals surface area contributed by atoms with Crippen molar-refractivity contribution in [1.29, 1.82) is 0 Å². The Morgan fingerprint density at radius 1 is 1.08 bits per heavy atom. The maximum atomic E-state index is 13.4. The lowest BCUT2D eigenvalue weighted by Gasteiger charge is -2.32. The highest BCUT2D eigenvalue weighted by Crippen LogP contribution is 2.27. The molecule has 1 atom stereocenters. The third-order valence-corrected chi connectivity index (χ3v) is 5.80. The van der Waals surface area contributed by atoms with Crippen LogP contribution in [0.3, 0.4) is 0 Å². The summed E-state index contributed by atoms with van der Waals surface area (Å²) in [7, 11) is -3.98. The van der Waals surface area contributed by atoms with E-state index in [-0.39, 0.29) is 24.6 Å². The number of morpholine rings is 1. The van der Waals surface area contributed by atoms with Crippen LogP contribution in [-0.4, -0.2) is 32.4 Å². The van der Waals surface area contributed by atoms with E-state index in [9.17, 15) is 17.2 Å². The zero-order chi connectivity index (χ0) is 17.3. The lowest BCUT2D eigenvalue weighted by Crippen LogP contribution is -2.42. The maximum absolute atomic E-state index is 13.4. The van der Waals surface area contributed by atoms with E-state index in [2.05, 4.69) is 0 Å². The number of benzene rings is 2. The van der Waals surface area contributed by atoms with Crippen molar-refractivity contribution in [3.05, 3.63) is 65.2 Å². The second-order valence-electron chi connectivity index (χ2n) is 5.74. The Balaban J connectivity index is 1.86. The number of hydrogen-bond donors (Lipinski definition) is 0. The fraction of sp³-hybridized carbons (Fsp3) is 0.294. The van der Waals surface area contributed by atoms with Crippen LogP contribution in [0.5, 0.6) is 0 Å². The highest BCUT2D eigenvalue weighted by Gasteiger charge is 2.32. The predicted molar refractivity (Wildman–Crippen MR) is 85.0 cm³/mol. The van der Waals surface area contributed by atoms with Crippen LogP contribution in [-0.2, 0) is 14.8 Å². The lowest BCUT2D eigenvalue weighted by molar-refractivity contribution is -0.00256. The molecule has 0 spiro atoms. The minimum atomic E-state index is -3.98. The predicted octanol–water partition coefficient (Wildman–Crippen LogP) is 3.04. The summed E-state index contributed by atoms with van der Waals surface area (Å²) in [6.07, 6.45) is -0.410. The zero-order valence-corrected chi connectivity index (χ0v) is 13.9. The minimum absolute atomic E-state index is 0.101. The van der Waals surface area contributed by atoms with Gasteiger partial charge in [-0.15, -0.1) is 0 Å². The minimum Gasteiger partial charge on any atom is -0.371 e. The van der Waals surface area contributed by atoms with Crippen LogP contribution in [0.4, 0.5) is 8.78 Å². The first kappa shape index (κ1) is 17.0. The quantitative estimate of drug-likeness (QED) is 0.852. The normalized spacial score (nSPS) is 19.4. The molecule has 24 heavy (non-hydrogen) atoms. The van der Waals surface area contributed by atoms with Gasteiger partial charge >= 0.3 is 0 Å². The van der Waals surface area contributed by atoms with E-state index >= 15 is 0 Å². The van der Waals surface area contributed by atoms with Gasteiger partial charge in [-0.3, -0.25) is 0 Å². The first-order chi connectivity index (χ1) is 11.4. The topological polar surface area (TPSA) is 46.6 Å². The molecule has 1 heterocycles. The van der Waals surface area contributed by atoms with E-state index in [0.29, 0.717) is 6.07 Å². The zero-order valence-electron chi connectivity index (χ0n) is 13.1. The van der Waals surface area contributed by atoms with Crippen molar-refractivity contribution in [3.63, 3.8) is 0 Å². The summed E-state index contributed by atoms with van der Waals surface area (Å²) in [6, 6.07) is 9.93. The molecule has 1 fully saturated rings. The first-order valence-corrected chi connectivity index (χ1v) is 8.95. The molecule has 1 aliphatic rings. The van der Waals surface area contributed by atoms with Gasteiger partial charge < -0.3 is 4.74 Å². The van der Waals surface area contributed by atoms with Crippen molar-refractivity contribution in [2.75, 3.05) is 19.7 Å². The summed E-state index contributed by atoms with van der Waals surface area (Å²) in [6.45, 7) is 2.42. The number of halogens is 2. The Morgan fingerprint density at radius 3 is 2.33 bits per heavy atom. The van der Waals surface area contributed by atoms with Crippen LogP contribution in [0.25, 0.3) is 0 Å². The Hall–Kier alpha value is -1.83. The molecule has 3 rings (SSSR count). The smallest absolute Gasteiger partial charge is 0.243 e. The van der Waals surface area contributed by atoms with Gasteiger partial charge in [-0.25, -0.2) is 17.2 Å². The van der Waals surface area contributed by atoms with Gasteiger partial charge in [0.2, 0.25) is 10.0 Å². The molecular formula is C17H17F2NO3S. The largest absolute Gasteiger partial charge is 0.371 e. The Morgan fingerprint density at radius 2 is 1.71 bits per heavy atom. The van der Waals surface area contributed by atoms with E-state index in [1.54, 1.807) is 0 Å². The molecule has 1 unspecified atom stereocenters. The summed E-state index contributed by atoms with van der Waals surface area (Å²) in [4.78, 5) is -0.385. The van der Waals surface area contributed by atoms with Crippen LogP contribution in [0.1, 0.15) is 17.2 Å². The molecule has 0 amide bonds. The molecule has 4 nitrogen and oxygen atoms in total. The van der Waals surface area contributed by atoms with E-state index < -0.39 is 27.8 Å². The standard InChI is InChI=1S/C17H17F2NO3S/c1-12-2-4-13(5-3-12)17-11-20(6-7-23-17)24(21,22)16-9-14(18)8-15(19)10-16/h2-5,8-10,17H,6-7,11H2,1H3. The highest BCUT2D eigenvalue weighted by molar-refractivity contribution is 7.89. The molecule has 2 aromatic carbocycles. The number of sulfonamides is 1. The molecular weight excluding hydrogens is 336 g/mol. The average Bonchev–Trinajstić information content (AvgIpc) is 2.55. The van der Waals surface area contributed by atoms with Crippen LogP contribution >= 0.6 is 0 Å².